The SMILES string of the molecule is CC1CN(C2CCN(CC(=O)Nc3ccc(F)cc3)CC2)CCO1. The molecule has 3 rings (SSSR count). The number of halogens is 1. The molecule has 0 spiro atoms. The summed E-state index contributed by atoms with van der Waals surface area (Å²) in [6.07, 6.45) is 2.51. The van der Waals surface area contributed by atoms with E-state index < -0.39 is 0 Å². The Morgan fingerprint density at radius 2 is 1.96 bits per heavy atom. The summed E-state index contributed by atoms with van der Waals surface area (Å²) >= 11 is 0. The summed E-state index contributed by atoms with van der Waals surface area (Å²) in [5, 5.41) is 2.82. The highest BCUT2D eigenvalue weighted by molar-refractivity contribution is 5.92. The van der Waals surface area contributed by atoms with Gasteiger partial charge in [0.2, 0.25) is 5.91 Å². The molecular weight excluding hydrogens is 309 g/mol. The van der Waals surface area contributed by atoms with Gasteiger partial charge >= 0.3 is 0 Å². The second-order valence-electron chi connectivity index (χ2n) is 6.74. The third kappa shape index (κ3) is 4.75. The molecule has 1 N–H and O–H groups in total. The van der Waals surface area contributed by atoms with Gasteiger partial charge in [-0.05, 0) is 44.0 Å². The Labute approximate surface area is 142 Å². The van der Waals surface area contributed by atoms with Gasteiger partial charge in [-0.15, -0.1) is 0 Å². The Morgan fingerprint density at radius 1 is 1.25 bits per heavy atom. The summed E-state index contributed by atoms with van der Waals surface area (Å²) in [5.74, 6) is -0.340. The van der Waals surface area contributed by atoms with Crippen LogP contribution in [0.5, 0.6) is 0 Å². The number of nitrogens with one attached hydrogen (secondary N) is 1. The van der Waals surface area contributed by atoms with Crippen molar-refractivity contribution < 1.29 is 13.9 Å². The first-order valence-electron chi connectivity index (χ1n) is 8.73. The van der Waals surface area contributed by atoms with Crippen molar-refractivity contribution in [2.45, 2.75) is 31.9 Å². The maximum absolute atomic E-state index is 12.9. The molecule has 2 saturated heterocycles. The number of anilines is 1. The molecule has 1 aromatic rings. The first kappa shape index (κ1) is 17.3. The second kappa shape index (κ2) is 8.05. The number of benzene rings is 1. The van der Waals surface area contributed by atoms with Crippen molar-refractivity contribution in [2.75, 3.05) is 44.6 Å². The smallest absolute Gasteiger partial charge is 0.238 e. The van der Waals surface area contributed by atoms with Gasteiger partial charge in [0.05, 0.1) is 19.3 Å². The van der Waals surface area contributed by atoms with E-state index >= 15 is 0 Å². The largest absolute Gasteiger partial charge is 0.376 e. The quantitative estimate of drug-likeness (QED) is 0.913. The van der Waals surface area contributed by atoms with E-state index in [1.165, 1.54) is 12.1 Å². The lowest BCUT2D eigenvalue weighted by molar-refractivity contribution is -0.117. The normalized spacial score (nSPS) is 24.0. The maximum Gasteiger partial charge on any atom is 0.238 e. The zero-order chi connectivity index (χ0) is 16.9. The molecule has 132 valence electrons. The summed E-state index contributed by atoms with van der Waals surface area (Å²) < 4.78 is 18.5. The molecule has 2 fully saturated rings. The van der Waals surface area contributed by atoms with Crippen LogP contribution in [0.25, 0.3) is 0 Å². The molecule has 0 aromatic heterocycles. The second-order valence-corrected chi connectivity index (χ2v) is 6.74. The number of amides is 1. The molecule has 0 bridgehead atoms. The van der Waals surface area contributed by atoms with E-state index in [1.54, 1.807) is 12.1 Å². The number of morpholine rings is 1. The van der Waals surface area contributed by atoms with Gasteiger partial charge in [-0.2, -0.15) is 0 Å². The molecular formula is C18H26FN3O2. The average molecular weight is 335 g/mol. The van der Waals surface area contributed by atoms with Gasteiger partial charge in [-0.25, -0.2) is 4.39 Å². The summed E-state index contributed by atoms with van der Waals surface area (Å²) in [7, 11) is 0. The molecule has 5 nitrogen and oxygen atoms in total. The standard InChI is InChI=1S/C18H26FN3O2/c1-14-12-22(10-11-24-14)17-6-8-21(9-7-17)13-18(23)20-16-4-2-15(19)3-5-16/h2-5,14,17H,6-13H2,1H3,(H,20,23). The minimum Gasteiger partial charge on any atom is -0.376 e. The molecule has 0 aliphatic carbocycles. The van der Waals surface area contributed by atoms with Crippen molar-refractivity contribution in [3.05, 3.63) is 30.1 Å². The number of likely N-dealkylation sites (tertiary alicyclic amines) is 1. The van der Waals surface area contributed by atoms with Gasteiger partial charge in [0.25, 0.3) is 0 Å². The number of hydrogen-bond donors (Lipinski definition) is 1. The topological polar surface area (TPSA) is 44.8 Å². The van der Waals surface area contributed by atoms with Crippen molar-refractivity contribution in [2.24, 2.45) is 0 Å². The van der Waals surface area contributed by atoms with E-state index in [1.807, 2.05) is 0 Å². The summed E-state index contributed by atoms with van der Waals surface area (Å²) in [6.45, 7) is 7.24. The molecule has 2 heterocycles. The molecule has 6 heteroatoms. The number of ether oxygens (including phenoxy) is 1. The minimum absolute atomic E-state index is 0.0416. The van der Waals surface area contributed by atoms with E-state index in [0.717, 1.165) is 45.6 Å². The Balaban J connectivity index is 1.41. The van der Waals surface area contributed by atoms with Crippen molar-refractivity contribution in [1.29, 1.82) is 0 Å². The third-order valence-corrected chi connectivity index (χ3v) is 4.84. The predicted molar refractivity (Wildman–Crippen MR) is 91.5 cm³/mol. The number of carbonyl (C=O) groups is 1. The summed E-state index contributed by atoms with van der Waals surface area (Å²) in [6, 6.07) is 6.47. The molecule has 2 aliphatic heterocycles. The Kier molecular flexibility index (Phi) is 5.81. The number of nitrogens with zero attached hydrogens (tertiary/aromatic N) is 2. The first-order chi connectivity index (χ1) is 11.6. The van der Waals surface area contributed by atoms with Crippen LogP contribution in [0.15, 0.2) is 24.3 Å². The van der Waals surface area contributed by atoms with Gasteiger partial charge in [0.1, 0.15) is 5.82 Å². The minimum atomic E-state index is -0.299. The average Bonchev–Trinajstić information content (AvgIpc) is 2.58. The van der Waals surface area contributed by atoms with Crippen LogP contribution in [0, 0.1) is 5.82 Å². The van der Waals surface area contributed by atoms with Gasteiger partial charge < -0.3 is 10.1 Å². The zero-order valence-corrected chi connectivity index (χ0v) is 14.2. The van der Waals surface area contributed by atoms with Crippen LogP contribution in [0.1, 0.15) is 19.8 Å². The Hall–Kier alpha value is -1.50. The fraction of sp³-hybridized carbons (Fsp3) is 0.611. The zero-order valence-electron chi connectivity index (χ0n) is 14.2. The van der Waals surface area contributed by atoms with E-state index in [-0.39, 0.29) is 11.7 Å². The molecule has 1 atom stereocenters. The van der Waals surface area contributed by atoms with Crippen LogP contribution < -0.4 is 5.32 Å². The lowest BCUT2D eigenvalue weighted by Gasteiger charge is -2.41. The fourth-order valence-corrected chi connectivity index (χ4v) is 3.56. The van der Waals surface area contributed by atoms with Gasteiger partial charge in [-0.1, -0.05) is 0 Å². The van der Waals surface area contributed by atoms with Crippen molar-refractivity contribution in [3.8, 4) is 0 Å². The van der Waals surface area contributed by atoms with Crippen LogP contribution in [-0.2, 0) is 9.53 Å². The molecule has 1 unspecified atom stereocenters. The molecule has 2 aliphatic rings. The van der Waals surface area contributed by atoms with Crippen LogP contribution in [0.2, 0.25) is 0 Å². The van der Waals surface area contributed by atoms with E-state index in [0.29, 0.717) is 24.4 Å². The van der Waals surface area contributed by atoms with Crippen LogP contribution >= 0.6 is 0 Å². The molecule has 0 saturated carbocycles. The van der Waals surface area contributed by atoms with E-state index in [4.69, 9.17) is 4.74 Å². The van der Waals surface area contributed by atoms with Crippen LogP contribution in [-0.4, -0.2) is 67.2 Å². The van der Waals surface area contributed by atoms with Crippen molar-refractivity contribution in [1.82, 2.24) is 9.80 Å². The highest BCUT2D eigenvalue weighted by Crippen LogP contribution is 2.19. The Morgan fingerprint density at radius 3 is 2.62 bits per heavy atom. The van der Waals surface area contributed by atoms with Crippen molar-refractivity contribution >= 4 is 11.6 Å². The van der Waals surface area contributed by atoms with Gasteiger partial charge in [0.15, 0.2) is 0 Å². The molecule has 1 amide bonds. The monoisotopic (exact) mass is 335 g/mol. The van der Waals surface area contributed by atoms with Crippen molar-refractivity contribution in [3.63, 3.8) is 0 Å². The van der Waals surface area contributed by atoms with E-state index in [9.17, 15) is 9.18 Å². The van der Waals surface area contributed by atoms with Gasteiger partial charge in [0, 0.05) is 37.9 Å². The number of hydrogen-bond acceptors (Lipinski definition) is 4. The highest BCUT2D eigenvalue weighted by atomic mass is 19.1. The highest BCUT2D eigenvalue weighted by Gasteiger charge is 2.28. The Bertz CT molecular complexity index is 544. The number of carbonyl (C=O) groups excluding carboxylic acids is 1. The van der Waals surface area contributed by atoms with Gasteiger partial charge in [-0.3, -0.25) is 14.6 Å². The third-order valence-electron chi connectivity index (χ3n) is 4.84. The summed E-state index contributed by atoms with van der Waals surface area (Å²) in [5.41, 5.74) is 0.638. The lowest BCUT2D eigenvalue weighted by Crippen LogP contribution is -2.51. The van der Waals surface area contributed by atoms with Crippen LogP contribution in [0.3, 0.4) is 0 Å². The van der Waals surface area contributed by atoms with Crippen LogP contribution in [0.4, 0.5) is 10.1 Å². The lowest BCUT2D eigenvalue weighted by atomic mass is 10.0. The molecule has 24 heavy (non-hydrogen) atoms. The number of rotatable bonds is 4. The van der Waals surface area contributed by atoms with E-state index in [2.05, 4.69) is 22.0 Å². The predicted octanol–water partition coefficient (Wildman–Crippen LogP) is 1.95. The first-order valence-corrected chi connectivity index (χ1v) is 8.73. The molecule has 1 aromatic carbocycles. The fourth-order valence-electron chi connectivity index (χ4n) is 3.56. The maximum atomic E-state index is 12.9. The number of piperidine rings is 1. The summed E-state index contributed by atoms with van der Waals surface area (Å²) in [4.78, 5) is 16.8. The molecule has 0 radical (unpaired) electrons.